The highest BCUT2D eigenvalue weighted by Crippen LogP contribution is 2.13. The minimum Gasteiger partial charge on any atom is -0.313 e. The minimum absolute atomic E-state index is 0.715. The molecular formula is C12H16N4. The van der Waals surface area contributed by atoms with E-state index in [0.717, 1.165) is 11.5 Å². The quantitative estimate of drug-likeness (QED) is 0.847. The van der Waals surface area contributed by atoms with Crippen LogP contribution in [0, 0.1) is 13.8 Å². The predicted molar refractivity (Wildman–Crippen MR) is 63.6 cm³/mol. The van der Waals surface area contributed by atoms with Gasteiger partial charge in [-0.2, -0.15) is 5.10 Å². The van der Waals surface area contributed by atoms with Crippen molar-refractivity contribution < 1.29 is 0 Å². The third kappa shape index (κ3) is 2.12. The molecule has 2 aromatic rings. The summed E-state index contributed by atoms with van der Waals surface area (Å²) in [4.78, 5) is 4.23. The van der Waals surface area contributed by atoms with E-state index in [-0.39, 0.29) is 0 Å². The lowest BCUT2D eigenvalue weighted by molar-refractivity contribution is 0.711. The van der Waals surface area contributed by atoms with Crippen molar-refractivity contribution in [3.63, 3.8) is 0 Å². The summed E-state index contributed by atoms with van der Waals surface area (Å²) in [6.45, 7) is 4.89. The van der Waals surface area contributed by atoms with Gasteiger partial charge in [-0.1, -0.05) is 6.07 Å². The highest BCUT2D eigenvalue weighted by Gasteiger charge is 2.06. The molecule has 1 aromatic heterocycles. The van der Waals surface area contributed by atoms with Gasteiger partial charge >= 0.3 is 0 Å². The Kier molecular flexibility index (Phi) is 3.01. The fourth-order valence-electron chi connectivity index (χ4n) is 1.83. The number of hydrogen-bond acceptors (Lipinski definition) is 3. The number of hydrogen-bond donors (Lipinski definition) is 1. The average Bonchev–Trinajstić information content (AvgIpc) is 2.65. The van der Waals surface area contributed by atoms with Crippen LogP contribution in [0.15, 0.2) is 24.5 Å². The van der Waals surface area contributed by atoms with Gasteiger partial charge in [-0.05, 0) is 44.2 Å². The molecule has 0 saturated carbocycles. The third-order valence-electron chi connectivity index (χ3n) is 2.40. The van der Waals surface area contributed by atoms with Gasteiger partial charge in [-0.25, -0.2) is 9.67 Å². The highest BCUT2D eigenvalue weighted by molar-refractivity contribution is 5.39. The summed E-state index contributed by atoms with van der Waals surface area (Å²) in [6, 6.07) is 6.37. The first-order valence-corrected chi connectivity index (χ1v) is 5.33. The van der Waals surface area contributed by atoms with Crippen molar-refractivity contribution >= 4 is 0 Å². The molecule has 84 valence electrons. The van der Waals surface area contributed by atoms with Crippen LogP contribution in [0.4, 0.5) is 0 Å². The van der Waals surface area contributed by atoms with E-state index in [9.17, 15) is 0 Å². The van der Waals surface area contributed by atoms with Gasteiger partial charge in [0, 0.05) is 0 Å². The Bertz CT molecular complexity index is 467. The lowest BCUT2D eigenvalue weighted by atomic mass is 10.1. The predicted octanol–water partition coefficient (Wildman–Crippen LogP) is 1.60. The van der Waals surface area contributed by atoms with Gasteiger partial charge in [0.15, 0.2) is 0 Å². The molecule has 4 nitrogen and oxygen atoms in total. The standard InChI is InChI=1S/C12H16N4/c1-9-4-10(2)6-11(5-9)16-12(7-13-3)14-8-15-16/h4-6,8,13H,7H2,1-3H3. The summed E-state index contributed by atoms with van der Waals surface area (Å²) in [5, 5.41) is 7.34. The van der Waals surface area contributed by atoms with Gasteiger partial charge in [0.05, 0.1) is 12.2 Å². The summed E-state index contributed by atoms with van der Waals surface area (Å²) in [6.07, 6.45) is 1.59. The van der Waals surface area contributed by atoms with Gasteiger partial charge in [0.1, 0.15) is 12.2 Å². The van der Waals surface area contributed by atoms with Crippen molar-refractivity contribution in [1.29, 1.82) is 0 Å². The molecule has 0 saturated heterocycles. The van der Waals surface area contributed by atoms with E-state index in [1.807, 2.05) is 11.7 Å². The van der Waals surface area contributed by atoms with E-state index in [4.69, 9.17) is 0 Å². The first kappa shape index (κ1) is 10.8. The second-order valence-electron chi connectivity index (χ2n) is 3.96. The molecule has 0 aliphatic carbocycles. The van der Waals surface area contributed by atoms with Gasteiger partial charge < -0.3 is 5.32 Å². The Morgan fingerprint density at radius 2 is 1.88 bits per heavy atom. The summed E-state index contributed by atoms with van der Waals surface area (Å²) in [5.74, 6) is 0.924. The molecule has 4 heteroatoms. The van der Waals surface area contributed by atoms with Crippen LogP contribution in [0.3, 0.4) is 0 Å². The van der Waals surface area contributed by atoms with Crippen molar-refractivity contribution in [3.8, 4) is 5.69 Å². The van der Waals surface area contributed by atoms with Crippen molar-refractivity contribution in [2.75, 3.05) is 7.05 Å². The fraction of sp³-hybridized carbons (Fsp3) is 0.333. The number of nitrogens with one attached hydrogen (secondary N) is 1. The normalized spacial score (nSPS) is 10.7. The SMILES string of the molecule is CNCc1ncnn1-c1cc(C)cc(C)c1. The van der Waals surface area contributed by atoms with Crippen molar-refractivity contribution in [2.24, 2.45) is 0 Å². The lowest BCUT2D eigenvalue weighted by Gasteiger charge is -2.07. The Morgan fingerprint density at radius 3 is 2.50 bits per heavy atom. The molecule has 0 unspecified atom stereocenters. The molecule has 2 rings (SSSR count). The first-order chi connectivity index (χ1) is 7.70. The largest absolute Gasteiger partial charge is 0.313 e. The Balaban J connectivity index is 2.45. The maximum absolute atomic E-state index is 4.25. The zero-order valence-electron chi connectivity index (χ0n) is 9.86. The van der Waals surface area contributed by atoms with E-state index >= 15 is 0 Å². The topological polar surface area (TPSA) is 42.7 Å². The van der Waals surface area contributed by atoms with Gasteiger partial charge in [-0.3, -0.25) is 0 Å². The van der Waals surface area contributed by atoms with Crippen LogP contribution >= 0.6 is 0 Å². The zero-order valence-corrected chi connectivity index (χ0v) is 9.86. The molecule has 0 bridgehead atoms. The maximum atomic E-state index is 4.25. The number of benzene rings is 1. The van der Waals surface area contributed by atoms with Crippen LogP contribution in [-0.2, 0) is 6.54 Å². The van der Waals surface area contributed by atoms with Crippen LogP contribution in [0.2, 0.25) is 0 Å². The summed E-state index contributed by atoms with van der Waals surface area (Å²) < 4.78 is 1.87. The lowest BCUT2D eigenvalue weighted by Crippen LogP contribution is -2.12. The van der Waals surface area contributed by atoms with Crippen molar-refractivity contribution in [1.82, 2.24) is 20.1 Å². The number of aromatic nitrogens is 3. The fourth-order valence-corrected chi connectivity index (χ4v) is 1.83. The van der Waals surface area contributed by atoms with Crippen LogP contribution in [-0.4, -0.2) is 21.8 Å². The third-order valence-corrected chi connectivity index (χ3v) is 2.40. The Hall–Kier alpha value is -1.68. The summed E-state index contributed by atoms with van der Waals surface area (Å²) >= 11 is 0. The van der Waals surface area contributed by atoms with Crippen LogP contribution in [0.1, 0.15) is 17.0 Å². The van der Waals surface area contributed by atoms with Gasteiger partial charge in [-0.15, -0.1) is 0 Å². The molecule has 0 spiro atoms. The summed E-state index contributed by atoms with van der Waals surface area (Å²) in [7, 11) is 1.90. The van der Waals surface area contributed by atoms with E-state index < -0.39 is 0 Å². The molecule has 1 N–H and O–H groups in total. The van der Waals surface area contributed by atoms with Crippen molar-refractivity contribution in [3.05, 3.63) is 41.5 Å². The minimum atomic E-state index is 0.715. The number of rotatable bonds is 3. The van der Waals surface area contributed by atoms with Gasteiger partial charge in [0.25, 0.3) is 0 Å². The average molecular weight is 216 g/mol. The second kappa shape index (κ2) is 4.45. The van der Waals surface area contributed by atoms with E-state index in [2.05, 4.69) is 47.4 Å². The van der Waals surface area contributed by atoms with Gasteiger partial charge in [0.2, 0.25) is 0 Å². The smallest absolute Gasteiger partial charge is 0.146 e. The Labute approximate surface area is 95.3 Å². The number of aryl methyl sites for hydroxylation is 2. The molecule has 0 amide bonds. The molecule has 0 fully saturated rings. The molecule has 0 aliphatic rings. The Morgan fingerprint density at radius 1 is 1.19 bits per heavy atom. The van der Waals surface area contributed by atoms with E-state index in [1.54, 1.807) is 6.33 Å². The van der Waals surface area contributed by atoms with E-state index in [1.165, 1.54) is 11.1 Å². The zero-order chi connectivity index (χ0) is 11.5. The molecule has 0 aliphatic heterocycles. The highest BCUT2D eigenvalue weighted by atomic mass is 15.3. The molecule has 1 heterocycles. The van der Waals surface area contributed by atoms with Crippen LogP contribution < -0.4 is 5.32 Å². The van der Waals surface area contributed by atoms with Crippen LogP contribution in [0.25, 0.3) is 5.69 Å². The maximum Gasteiger partial charge on any atom is 0.146 e. The first-order valence-electron chi connectivity index (χ1n) is 5.33. The molecule has 0 radical (unpaired) electrons. The molecule has 1 aromatic carbocycles. The second-order valence-corrected chi connectivity index (χ2v) is 3.96. The van der Waals surface area contributed by atoms with Crippen LogP contribution in [0.5, 0.6) is 0 Å². The van der Waals surface area contributed by atoms with Crippen molar-refractivity contribution in [2.45, 2.75) is 20.4 Å². The molecule has 16 heavy (non-hydrogen) atoms. The monoisotopic (exact) mass is 216 g/mol. The van der Waals surface area contributed by atoms with E-state index in [0.29, 0.717) is 6.54 Å². The molecular weight excluding hydrogens is 200 g/mol. The summed E-state index contributed by atoms with van der Waals surface area (Å²) in [5.41, 5.74) is 3.54. The number of nitrogens with zero attached hydrogens (tertiary/aromatic N) is 3. The molecule has 0 atom stereocenters.